The van der Waals surface area contributed by atoms with E-state index in [4.69, 9.17) is 0 Å². The second-order valence-electron chi connectivity index (χ2n) is 5.69. The van der Waals surface area contributed by atoms with Crippen molar-refractivity contribution in [2.75, 3.05) is 26.2 Å². The van der Waals surface area contributed by atoms with Crippen LogP contribution in [-0.2, 0) is 4.79 Å². The fourth-order valence-corrected chi connectivity index (χ4v) is 3.26. The van der Waals surface area contributed by atoms with Gasteiger partial charge in [0.15, 0.2) is 0 Å². The second-order valence-corrected chi connectivity index (χ2v) is 5.69. The van der Waals surface area contributed by atoms with Crippen molar-refractivity contribution >= 4 is 5.91 Å². The Morgan fingerprint density at radius 2 is 1.75 bits per heavy atom. The van der Waals surface area contributed by atoms with E-state index in [1.165, 1.54) is 32.4 Å². The van der Waals surface area contributed by atoms with E-state index in [1.54, 1.807) is 0 Å². The lowest BCUT2D eigenvalue weighted by molar-refractivity contribution is -0.134. The van der Waals surface area contributed by atoms with Gasteiger partial charge in [-0.1, -0.05) is 0 Å². The van der Waals surface area contributed by atoms with Crippen molar-refractivity contribution in [1.82, 2.24) is 10.2 Å². The molecule has 2 aliphatic heterocycles. The Morgan fingerprint density at radius 3 is 2.31 bits per heavy atom. The van der Waals surface area contributed by atoms with Gasteiger partial charge in [-0.2, -0.15) is 0 Å². The van der Waals surface area contributed by atoms with Crippen molar-refractivity contribution in [2.24, 2.45) is 17.8 Å². The number of piperidine rings is 1. The molecule has 16 heavy (non-hydrogen) atoms. The number of nitrogens with zero attached hydrogens (tertiary/aromatic N) is 1. The van der Waals surface area contributed by atoms with Gasteiger partial charge < -0.3 is 10.2 Å². The number of rotatable bonds is 2. The van der Waals surface area contributed by atoms with Crippen LogP contribution >= 0.6 is 0 Å². The molecule has 3 heteroatoms. The highest BCUT2D eigenvalue weighted by Crippen LogP contribution is 2.34. The van der Waals surface area contributed by atoms with Gasteiger partial charge in [-0.05, 0) is 57.0 Å². The molecule has 0 bridgehead atoms. The average Bonchev–Trinajstić information content (AvgIpc) is 3.04. The van der Waals surface area contributed by atoms with Crippen LogP contribution in [0.4, 0.5) is 0 Å². The van der Waals surface area contributed by atoms with E-state index in [1.807, 2.05) is 0 Å². The molecule has 3 rings (SSSR count). The minimum atomic E-state index is 0.407. The summed E-state index contributed by atoms with van der Waals surface area (Å²) in [6, 6.07) is 0. The number of carbonyl (C=O) groups excluding carboxylic acids is 1. The first-order valence-electron chi connectivity index (χ1n) is 6.84. The minimum absolute atomic E-state index is 0.407. The predicted molar refractivity (Wildman–Crippen MR) is 63.0 cm³/mol. The molecule has 90 valence electrons. The van der Waals surface area contributed by atoms with Gasteiger partial charge in [0.1, 0.15) is 0 Å². The Kier molecular flexibility index (Phi) is 2.88. The Balaban J connectivity index is 1.49. The lowest BCUT2D eigenvalue weighted by Crippen LogP contribution is -2.41. The van der Waals surface area contributed by atoms with E-state index in [0.29, 0.717) is 11.8 Å². The first-order valence-corrected chi connectivity index (χ1v) is 6.84. The van der Waals surface area contributed by atoms with Crippen LogP contribution in [0.15, 0.2) is 0 Å². The third-order valence-electron chi connectivity index (χ3n) is 4.54. The van der Waals surface area contributed by atoms with E-state index in [2.05, 4.69) is 10.2 Å². The maximum absolute atomic E-state index is 11.9. The van der Waals surface area contributed by atoms with E-state index in [9.17, 15) is 4.79 Å². The summed E-state index contributed by atoms with van der Waals surface area (Å²) in [4.78, 5) is 14.0. The van der Waals surface area contributed by atoms with E-state index >= 15 is 0 Å². The molecule has 1 N–H and O–H groups in total. The minimum Gasteiger partial charge on any atom is -0.342 e. The Labute approximate surface area is 97.6 Å². The van der Waals surface area contributed by atoms with Crippen LogP contribution in [0.1, 0.15) is 32.1 Å². The van der Waals surface area contributed by atoms with Crippen molar-refractivity contribution in [1.29, 1.82) is 0 Å². The summed E-state index contributed by atoms with van der Waals surface area (Å²) in [5, 5.41) is 3.45. The van der Waals surface area contributed by atoms with Crippen molar-refractivity contribution in [3.05, 3.63) is 0 Å². The average molecular weight is 222 g/mol. The standard InChI is InChI=1S/C13H22N2O/c16-13(11-1-2-11)15-7-4-10(5-8-15)12-3-6-14-9-12/h10-12,14H,1-9H2. The molecular weight excluding hydrogens is 200 g/mol. The summed E-state index contributed by atoms with van der Waals surface area (Å²) in [5.74, 6) is 2.61. The molecule has 1 amide bonds. The molecule has 1 atom stereocenters. The molecule has 2 saturated heterocycles. The Morgan fingerprint density at radius 1 is 1.00 bits per heavy atom. The molecular formula is C13H22N2O. The highest BCUT2D eigenvalue weighted by atomic mass is 16.2. The molecule has 3 nitrogen and oxygen atoms in total. The topological polar surface area (TPSA) is 32.3 Å². The van der Waals surface area contributed by atoms with Gasteiger partial charge in [0.25, 0.3) is 0 Å². The maximum Gasteiger partial charge on any atom is 0.225 e. The molecule has 1 aliphatic carbocycles. The van der Waals surface area contributed by atoms with Crippen molar-refractivity contribution in [3.63, 3.8) is 0 Å². The van der Waals surface area contributed by atoms with Crippen LogP contribution in [0.5, 0.6) is 0 Å². The zero-order valence-electron chi connectivity index (χ0n) is 9.95. The Bertz CT molecular complexity index is 261. The fraction of sp³-hybridized carbons (Fsp3) is 0.923. The maximum atomic E-state index is 11.9. The highest BCUT2D eigenvalue weighted by Gasteiger charge is 2.36. The van der Waals surface area contributed by atoms with Crippen molar-refractivity contribution in [3.8, 4) is 0 Å². The molecule has 0 aromatic heterocycles. The molecule has 0 radical (unpaired) electrons. The predicted octanol–water partition coefficient (Wildman–Crippen LogP) is 1.24. The van der Waals surface area contributed by atoms with Gasteiger partial charge in [-0.25, -0.2) is 0 Å². The lowest BCUT2D eigenvalue weighted by atomic mass is 9.84. The molecule has 2 heterocycles. The summed E-state index contributed by atoms with van der Waals surface area (Å²) >= 11 is 0. The van der Waals surface area contributed by atoms with E-state index in [-0.39, 0.29) is 0 Å². The van der Waals surface area contributed by atoms with Gasteiger partial charge in [0.2, 0.25) is 5.91 Å². The first kappa shape index (κ1) is 10.6. The van der Waals surface area contributed by atoms with Gasteiger partial charge in [0.05, 0.1) is 0 Å². The molecule has 1 unspecified atom stereocenters. The number of likely N-dealkylation sites (tertiary alicyclic amines) is 1. The molecule has 1 saturated carbocycles. The summed E-state index contributed by atoms with van der Waals surface area (Å²) in [6.07, 6.45) is 6.12. The van der Waals surface area contributed by atoms with Crippen LogP contribution in [0.2, 0.25) is 0 Å². The Hall–Kier alpha value is -0.570. The second kappa shape index (κ2) is 4.36. The monoisotopic (exact) mass is 222 g/mol. The van der Waals surface area contributed by atoms with Gasteiger partial charge >= 0.3 is 0 Å². The third kappa shape index (κ3) is 2.10. The quantitative estimate of drug-likeness (QED) is 0.762. The first-order chi connectivity index (χ1) is 7.84. The summed E-state index contributed by atoms with van der Waals surface area (Å²) in [6.45, 7) is 4.46. The van der Waals surface area contributed by atoms with E-state index in [0.717, 1.165) is 37.8 Å². The van der Waals surface area contributed by atoms with Crippen LogP contribution in [0.3, 0.4) is 0 Å². The fourth-order valence-electron chi connectivity index (χ4n) is 3.26. The number of nitrogens with one attached hydrogen (secondary N) is 1. The summed E-state index contributed by atoms with van der Waals surface area (Å²) < 4.78 is 0. The molecule has 0 aromatic carbocycles. The molecule has 0 aromatic rings. The normalized spacial score (nSPS) is 32.0. The number of hydrogen-bond donors (Lipinski definition) is 1. The number of amides is 1. The number of carbonyl (C=O) groups is 1. The van der Waals surface area contributed by atoms with Gasteiger partial charge in [-0.15, -0.1) is 0 Å². The summed E-state index contributed by atoms with van der Waals surface area (Å²) in [7, 11) is 0. The molecule has 0 spiro atoms. The van der Waals surface area contributed by atoms with Gasteiger partial charge in [0, 0.05) is 19.0 Å². The van der Waals surface area contributed by atoms with Crippen LogP contribution in [0, 0.1) is 17.8 Å². The number of hydrogen-bond acceptors (Lipinski definition) is 2. The smallest absolute Gasteiger partial charge is 0.225 e. The molecule has 3 fully saturated rings. The van der Waals surface area contributed by atoms with Crippen molar-refractivity contribution in [2.45, 2.75) is 32.1 Å². The lowest BCUT2D eigenvalue weighted by Gasteiger charge is -2.34. The third-order valence-corrected chi connectivity index (χ3v) is 4.54. The molecule has 3 aliphatic rings. The van der Waals surface area contributed by atoms with Crippen LogP contribution in [-0.4, -0.2) is 37.0 Å². The largest absolute Gasteiger partial charge is 0.342 e. The zero-order chi connectivity index (χ0) is 11.0. The van der Waals surface area contributed by atoms with Gasteiger partial charge in [-0.3, -0.25) is 4.79 Å². The zero-order valence-corrected chi connectivity index (χ0v) is 9.95. The van der Waals surface area contributed by atoms with Crippen LogP contribution in [0.25, 0.3) is 0 Å². The van der Waals surface area contributed by atoms with E-state index < -0.39 is 0 Å². The van der Waals surface area contributed by atoms with Crippen LogP contribution < -0.4 is 5.32 Å². The summed E-state index contributed by atoms with van der Waals surface area (Å²) in [5.41, 5.74) is 0. The van der Waals surface area contributed by atoms with Crippen molar-refractivity contribution < 1.29 is 4.79 Å². The SMILES string of the molecule is O=C(C1CC1)N1CCC(C2CCNC2)CC1. The highest BCUT2D eigenvalue weighted by molar-refractivity contribution is 5.81.